The molecular weight excluding hydrogens is 324 g/mol. The van der Waals surface area contributed by atoms with Crippen LogP contribution in [0.4, 0.5) is 5.69 Å². The number of carbonyl (C=O) groups excluding carboxylic acids is 2. The van der Waals surface area contributed by atoms with E-state index in [1.807, 2.05) is 6.92 Å². The molecule has 0 aliphatic carbocycles. The molecule has 0 heterocycles. The molecule has 6 heteroatoms. The van der Waals surface area contributed by atoms with Gasteiger partial charge in [0.05, 0.1) is 23.8 Å². The molecule has 5 nitrogen and oxygen atoms in total. The molecule has 0 radical (unpaired) electrons. The van der Waals surface area contributed by atoms with E-state index in [0.29, 0.717) is 35.3 Å². The predicted octanol–water partition coefficient (Wildman–Crippen LogP) is 2.55. The molecule has 0 aromatic heterocycles. The van der Waals surface area contributed by atoms with Crippen molar-refractivity contribution in [2.24, 2.45) is 11.7 Å². The normalized spacial score (nSPS) is 11.8. The number of hydrogen-bond donors (Lipinski definition) is 2. The van der Waals surface area contributed by atoms with Crippen LogP contribution in [0.3, 0.4) is 0 Å². The van der Waals surface area contributed by atoms with Crippen LogP contribution in [0.25, 0.3) is 0 Å². The highest BCUT2D eigenvalue weighted by atomic mass is 79.9. The molecule has 0 saturated heterocycles. The summed E-state index contributed by atoms with van der Waals surface area (Å²) >= 11 is 3.33. The van der Waals surface area contributed by atoms with E-state index in [0.717, 1.165) is 0 Å². The van der Waals surface area contributed by atoms with E-state index in [-0.39, 0.29) is 17.8 Å². The van der Waals surface area contributed by atoms with Gasteiger partial charge in [0.15, 0.2) is 0 Å². The first kappa shape index (κ1) is 16.7. The minimum absolute atomic E-state index is 0.125. The average Bonchev–Trinajstić information content (AvgIpc) is 2.42. The Morgan fingerprint density at radius 3 is 2.60 bits per heavy atom. The third kappa shape index (κ3) is 4.31. The SMILES string of the molecule is CCOC(=O)c1ccc(NC(=O)C(CC)CN)c(Br)c1. The Bertz CT molecular complexity index is 487. The summed E-state index contributed by atoms with van der Waals surface area (Å²) in [7, 11) is 0. The van der Waals surface area contributed by atoms with Gasteiger partial charge in [0.2, 0.25) is 5.91 Å². The maximum atomic E-state index is 11.9. The number of carbonyl (C=O) groups is 2. The maximum absolute atomic E-state index is 11.9. The first-order valence-corrected chi connectivity index (χ1v) is 7.30. The molecule has 0 aliphatic rings. The smallest absolute Gasteiger partial charge is 0.338 e. The van der Waals surface area contributed by atoms with Gasteiger partial charge in [-0.05, 0) is 47.5 Å². The van der Waals surface area contributed by atoms with Crippen molar-refractivity contribution in [3.05, 3.63) is 28.2 Å². The van der Waals surface area contributed by atoms with Crippen LogP contribution in [0.1, 0.15) is 30.6 Å². The Kier molecular flexibility index (Phi) is 6.67. The van der Waals surface area contributed by atoms with Gasteiger partial charge in [-0.25, -0.2) is 4.79 Å². The van der Waals surface area contributed by atoms with Crippen LogP contribution in [-0.2, 0) is 9.53 Å². The molecule has 1 aromatic rings. The summed E-state index contributed by atoms with van der Waals surface area (Å²) in [5.41, 5.74) is 6.58. The van der Waals surface area contributed by atoms with E-state index in [2.05, 4.69) is 21.2 Å². The molecule has 1 atom stereocenters. The summed E-state index contributed by atoms with van der Waals surface area (Å²) in [5, 5.41) is 2.79. The standard InChI is InChI=1S/C14H19BrN2O3/c1-3-9(8-16)13(18)17-12-6-5-10(7-11(12)15)14(19)20-4-2/h5-7,9H,3-4,8,16H2,1-2H3,(H,17,18). The summed E-state index contributed by atoms with van der Waals surface area (Å²) in [4.78, 5) is 23.5. The van der Waals surface area contributed by atoms with Crippen LogP contribution in [0, 0.1) is 5.92 Å². The lowest BCUT2D eigenvalue weighted by molar-refractivity contribution is -0.119. The molecule has 0 aliphatic heterocycles. The maximum Gasteiger partial charge on any atom is 0.338 e. The number of rotatable bonds is 6. The van der Waals surface area contributed by atoms with Crippen LogP contribution in [-0.4, -0.2) is 25.0 Å². The van der Waals surface area contributed by atoms with Gasteiger partial charge >= 0.3 is 5.97 Å². The van der Waals surface area contributed by atoms with Gasteiger partial charge in [-0.15, -0.1) is 0 Å². The first-order chi connectivity index (χ1) is 9.53. The van der Waals surface area contributed by atoms with E-state index in [4.69, 9.17) is 10.5 Å². The summed E-state index contributed by atoms with van der Waals surface area (Å²) in [5.74, 6) is -0.731. The lowest BCUT2D eigenvalue weighted by atomic mass is 10.1. The fourth-order valence-electron chi connectivity index (χ4n) is 1.65. The average molecular weight is 343 g/mol. The molecule has 3 N–H and O–H groups in total. The van der Waals surface area contributed by atoms with Gasteiger partial charge in [-0.2, -0.15) is 0 Å². The minimum atomic E-state index is -0.389. The quantitative estimate of drug-likeness (QED) is 0.778. The number of halogens is 1. The van der Waals surface area contributed by atoms with Crippen molar-refractivity contribution >= 4 is 33.5 Å². The highest BCUT2D eigenvalue weighted by Crippen LogP contribution is 2.24. The number of benzene rings is 1. The Balaban J connectivity index is 2.83. The topological polar surface area (TPSA) is 81.4 Å². The number of amides is 1. The second-order valence-corrected chi connectivity index (χ2v) is 5.10. The Morgan fingerprint density at radius 2 is 2.10 bits per heavy atom. The van der Waals surface area contributed by atoms with Gasteiger partial charge in [-0.3, -0.25) is 4.79 Å². The Morgan fingerprint density at radius 1 is 1.40 bits per heavy atom. The van der Waals surface area contributed by atoms with Crippen molar-refractivity contribution in [2.75, 3.05) is 18.5 Å². The molecule has 110 valence electrons. The molecule has 1 aromatic carbocycles. The molecule has 0 fully saturated rings. The van der Waals surface area contributed by atoms with Gasteiger partial charge < -0.3 is 15.8 Å². The molecule has 1 rings (SSSR count). The zero-order chi connectivity index (χ0) is 15.1. The van der Waals surface area contributed by atoms with Crippen molar-refractivity contribution in [3.8, 4) is 0 Å². The van der Waals surface area contributed by atoms with Crippen molar-refractivity contribution in [2.45, 2.75) is 20.3 Å². The van der Waals surface area contributed by atoms with Crippen LogP contribution < -0.4 is 11.1 Å². The van der Waals surface area contributed by atoms with Crippen LogP contribution >= 0.6 is 15.9 Å². The highest BCUT2D eigenvalue weighted by molar-refractivity contribution is 9.10. The summed E-state index contributed by atoms with van der Waals surface area (Å²) in [6, 6.07) is 4.90. The third-order valence-electron chi connectivity index (χ3n) is 2.89. The van der Waals surface area contributed by atoms with E-state index in [1.165, 1.54) is 0 Å². The molecule has 1 unspecified atom stereocenters. The Hall–Kier alpha value is -1.40. The first-order valence-electron chi connectivity index (χ1n) is 6.51. The number of nitrogens with two attached hydrogens (primary N) is 1. The van der Waals surface area contributed by atoms with Gasteiger partial charge in [0.25, 0.3) is 0 Å². The summed E-state index contributed by atoms with van der Waals surface area (Å²) < 4.78 is 5.54. The largest absolute Gasteiger partial charge is 0.462 e. The van der Waals surface area contributed by atoms with Crippen molar-refractivity contribution in [1.82, 2.24) is 0 Å². The fourth-order valence-corrected chi connectivity index (χ4v) is 2.13. The van der Waals surface area contributed by atoms with Crippen molar-refractivity contribution in [1.29, 1.82) is 0 Å². The zero-order valence-corrected chi connectivity index (χ0v) is 13.2. The highest BCUT2D eigenvalue weighted by Gasteiger charge is 2.16. The van der Waals surface area contributed by atoms with Crippen LogP contribution in [0.2, 0.25) is 0 Å². The van der Waals surface area contributed by atoms with E-state index in [1.54, 1.807) is 25.1 Å². The molecule has 0 spiro atoms. The predicted molar refractivity (Wildman–Crippen MR) is 81.6 cm³/mol. The van der Waals surface area contributed by atoms with E-state index < -0.39 is 0 Å². The number of nitrogens with one attached hydrogen (secondary N) is 1. The third-order valence-corrected chi connectivity index (χ3v) is 3.54. The van der Waals surface area contributed by atoms with E-state index >= 15 is 0 Å². The van der Waals surface area contributed by atoms with Crippen LogP contribution in [0.15, 0.2) is 22.7 Å². The van der Waals surface area contributed by atoms with Crippen LogP contribution in [0.5, 0.6) is 0 Å². The number of esters is 1. The Labute approximate surface area is 127 Å². The molecule has 1 amide bonds. The molecule has 0 bridgehead atoms. The second kappa shape index (κ2) is 8.01. The van der Waals surface area contributed by atoms with Gasteiger partial charge in [0.1, 0.15) is 0 Å². The zero-order valence-electron chi connectivity index (χ0n) is 11.6. The lowest BCUT2D eigenvalue weighted by Gasteiger charge is -2.14. The lowest BCUT2D eigenvalue weighted by Crippen LogP contribution is -2.28. The monoisotopic (exact) mass is 342 g/mol. The number of hydrogen-bond acceptors (Lipinski definition) is 4. The van der Waals surface area contributed by atoms with Crippen molar-refractivity contribution < 1.29 is 14.3 Å². The summed E-state index contributed by atoms with van der Waals surface area (Å²) in [6.07, 6.45) is 0.681. The summed E-state index contributed by atoms with van der Waals surface area (Å²) in [6.45, 7) is 4.29. The second-order valence-electron chi connectivity index (χ2n) is 4.25. The number of ether oxygens (including phenoxy) is 1. The van der Waals surface area contributed by atoms with E-state index in [9.17, 15) is 9.59 Å². The van der Waals surface area contributed by atoms with Crippen molar-refractivity contribution in [3.63, 3.8) is 0 Å². The number of anilines is 1. The minimum Gasteiger partial charge on any atom is -0.462 e. The molecular formula is C14H19BrN2O3. The fraction of sp³-hybridized carbons (Fsp3) is 0.429. The van der Waals surface area contributed by atoms with Gasteiger partial charge in [-0.1, -0.05) is 6.92 Å². The molecule has 20 heavy (non-hydrogen) atoms. The van der Waals surface area contributed by atoms with Gasteiger partial charge in [0, 0.05) is 11.0 Å². The molecule has 0 saturated carbocycles.